The van der Waals surface area contributed by atoms with Gasteiger partial charge in [-0.15, -0.1) is 0 Å². The van der Waals surface area contributed by atoms with E-state index in [1.165, 1.54) is 21.5 Å². The molecule has 35 heavy (non-hydrogen) atoms. The molecule has 0 unspecified atom stereocenters. The molecule has 3 heteroatoms. The van der Waals surface area contributed by atoms with Gasteiger partial charge in [-0.2, -0.15) is 0 Å². The van der Waals surface area contributed by atoms with Crippen molar-refractivity contribution in [1.82, 2.24) is 0 Å². The Morgan fingerprint density at radius 2 is 1.20 bits per heavy atom. The summed E-state index contributed by atoms with van der Waals surface area (Å²) in [7, 11) is -1.94. The molecule has 0 spiro atoms. The summed E-state index contributed by atoms with van der Waals surface area (Å²) in [6.45, 7) is 4.77. The molecule has 1 aliphatic heterocycles. The van der Waals surface area contributed by atoms with Crippen molar-refractivity contribution in [2.45, 2.75) is 13.1 Å². The fraction of sp³-hybridized carbons (Fsp3) is 0.0625. The molecule has 5 aromatic rings. The van der Waals surface area contributed by atoms with Gasteiger partial charge < -0.3 is 5.32 Å². The monoisotopic (exact) mass is 471 g/mol. The summed E-state index contributed by atoms with van der Waals surface area (Å²) in [4.78, 5) is 0. The number of benzene rings is 5. The maximum Gasteiger partial charge on any atom is 0.147 e. The van der Waals surface area contributed by atoms with E-state index in [2.05, 4.69) is 66.9 Å². The predicted octanol–water partition coefficient (Wildman–Crippen LogP) is 7.71. The minimum Gasteiger partial charge on any atom is -0.353 e. The third-order valence-corrected chi connectivity index (χ3v) is 10.7. The van der Waals surface area contributed by atoms with E-state index in [1.807, 2.05) is 60.7 Å². The zero-order chi connectivity index (χ0) is 24.0. The lowest BCUT2D eigenvalue weighted by Crippen LogP contribution is -2.50. The minimum atomic E-state index is -1.94. The lowest BCUT2D eigenvalue weighted by molar-refractivity contribution is 0.633. The molecular formula is C32H26FNSi. The van der Waals surface area contributed by atoms with E-state index in [9.17, 15) is 0 Å². The van der Waals surface area contributed by atoms with Crippen LogP contribution in [0.4, 0.5) is 15.8 Å². The fourth-order valence-electron chi connectivity index (χ4n) is 5.46. The van der Waals surface area contributed by atoms with Gasteiger partial charge in [0.1, 0.15) is 13.9 Å². The molecule has 0 atom stereocenters. The number of halogens is 1. The van der Waals surface area contributed by atoms with Crippen LogP contribution in [0, 0.1) is 5.82 Å². The van der Waals surface area contributed by atoms with E-state index < -0.39 is 8.07 Å². The molecule has 0 saturated carbocycles. The number of anilines is 2. The molecule has 1 heterocycles. The summed E-state index contributed by atoms with van der Waals surface area (Å²) in [6.07, 6.45) is 0. The maximum absolute atomic E-state index is 15.9. The standard InChI is InChI=1S/C32H26FNSi/c1-35(2)30-19-10-9-16-25(30)26-17-11-18-29(32(26)35)34-31-27(23-14-7-4-8-15-23)20-24(21-28(31)33)22-12-5-3-6-13-22/h3-21,34H,1-2H3. The molecular weight excluding hydrogens is 445 g/mol. The van der Waals surface area contributed by atoms with Crippen molar-refractivity contribution in [2.24, 2.45) is 0 Å². The van der Waals surface area contributed by atoms with Gasteiger partial charge in [-0.3, -0.25) is 0 Å². The van der Waals surface area contributed by atoms with Gasteiger partial charge in [-0.25, -0.2) is 4.39 Å². The first-order chi connectivity index (χ1) is 17.0. The van der Waals surface area contributed by atoms with Crippen molar-refractivity contribution < 1.29 is 4.39 Å². The van der Waals surface area contributed by atoms with Crippen molar-refractivity contribution in [2.75, 3.05) is 5.32 Å². The average Bonchev–Trinajstić information content (AvgIpc) is 3.14. The molecule has 0 amide bonds. The molecule has 1 aliphatic rings. The quantitative estimate of drug-likeness (QED) is 0.265. The summed E-state index contributed by atoms with van der Waals surface area (Å²) in [5, 5.41) is 6.35. The molecule has 0 fully saturated rings. The second-order valence-electron chi connectivity index (χ2n) is 9.64. The first-order valence-electron chi connectivity index (χ1n) is 12.0. The molecule has 0 bridgehead atoms. The van der Waals surface area contributed by atoms with E-state index in [0.717, 1.165) is 27.9 Å². The third-order valence-electron chi connectivity index (χ3n) is 7.12. The van der Waals surface area contributed by atoms with Gasteiger partial charge in [0.15, 0.2) is 0 Å². The molecule has 6 rings (SSSR count). The second-order valence-corrected chi connectivity index (χ2v) is 13.9. The summed E-state index contributed by atoms with van der Waals surface area (Å²) in [5.41, 5.74) is 7.81. The number of nitrogens with one attached hydrogen (secondary N) is 1. The van der Waals surface area contributed by atoms with Crippen molar-refractivity contribution in [3.05, 3.63) is 121 Å². The van der Waals surface area contributed by atoms with Gasteiger partial charge in [0.2, 0.25) is 0 Å². The Kier molecular flexibility index (Phi) is 5.16. The molecule has 1 nitrogen and oxygen atoms in total. The van der Waals surface area contributed by atoms with E-state index in [1.54, 1.807) is 6.07 Å². The molecule has 0 aromatic heterocycles. The number of fused-ring (bicyclic) bond motifs is 3. The number of hydrogen-bond donors (Lipinski definition) is 1. The Morgan fingerprint density at radius 1 is 0.571 bits per heavy atom. The van der Waals surface area contributed by atoms with E-state index >= 15 is 4.39 Å². The van der Waals surface area contributed by atoms with Gasteiger partial charge >= 0.3 is 0 Å². The van der Waals surface area contributed by atoms with Crippen molar-refractivity contribution in [1.29, 1.82) is 0 Å². The molecule has 1 N–H and O–H groups in total. The predicted molar refractivity (Wildman–Crippen MR) is 149 cm³/mol. The van der Waals surface area contributed by atoms with Crippen LogP contribution in [-0.4, -0.2) is 8.07 Å². The molecule has 170 valence electrons. The van der Waals surface area contributed by atoms with Crippen LogP contribution in [-0.2, 0) is 0 Å². The van der Waals surface area contributed by atoms with Crippen molar-refractivity contribution in [3.63, 3.8) is 0 Å². The SMILES string of the molecule is C[Si]1(C)c2ccccc2-c2cccc(Nc3c(F)cc(-c4ccccc4)cc3-c3ccccc3)c21. The first-order valence-corrected chi connectivity index (χ1v) is 15.0. The van der Waals surface area contributed by atoms with Crippen LogP contribution in [0.3, 0.4) is 0 Å². The van der Waals surface area contributed by atoms with Crippen molar-refractivity contribution in [3.8, 4) is 33.4 Å². The molecule has 0 aliphatic carbocycles. The topological polar surface area (TPSA) is 12.0 Å². The Morgan fingerprint density at radius 3 is 1.94 bits per heavy atom. The highest BCUT2D eigenvalue weighted by atomic mass is 28.3. The van der Waals surface area contributed by atoms with Crippen LogP contribution < -0.4 is 15.7 Å². The highest BCUT2D eigenvalue weighted by Gasteiger charge is 2.39. The lowest BCUT2D eigenvalue weighted by Gasteiger charge is -2.24. The van der Waals surface area contributed by atoms with Gasteiger partial charge in [-0.05, 0) is 56.4 Å². The Hall–Kier alpha value is -3.95. The van der Waals surface area contributed by atoms with Crippen LogP contribution in [0.25, 0.3) is 33.4 Å². The van der Waals surface area contributed by atoms with Crippen molar-refractivity contribution >= 4 is 29.8 Å². The fourth-order valence-corrected chi connectivity index (χ4v) is 8.85. The minimum absolute atomic E-state index is 0.252. The van der Waals surface area contributed by atoms with Crippen LogP contribution in [0.5, 0.6) is 0 Å². The van der Waals surface area contributed by atoms with E-state index in [-0.39, 0.29) is 5.82 Å². The van der Waals surface area contributed by atoms with E-state index in [0.29, 0.717) is 5.69 Å². The maximum atomic E-state index is 15.9. The van der Waals surface area contributed by atoms with Gasteiger partial charge in [0.05, 0.1) is 5.69 Å². The summed E-state index contributed by atoms with van der Waals surface area (Å²) >= 11 is 0. The average molecular weight is 472 g/mol. The zero-order valence-electron chi connectivity index (χ0n) is 19.8. The van der Waals surface area contributed by atoms with Crippen LogP contribution in [0.15, 0.2) is 115 Å². The lowest BCUT2D eigenvalue weighted by atomic mass is 9.96. The number of hydrogen-bond acceptors (Lipinski definition) is 1. The van der Waals surface area contributed by atoms with Crippen LogP contribution in [0.1, 0.15) is 0 Å². The van der Waals surface area contributed by atoms with E-state index in [4.69, 9.17) is 0 Å². The Bertz CT molecular complexity index is 1540. The normalized spacial score (nSPS) is 13.2. The largest absolute Gasteiger partial charge is 0.353 e. The Balaban J connectivity index is 1.53. The van der Waals surface area contributed by atoms with Gasteiger partial charge in [0.25, 0.3) is 0 Å². The highest BCUT2D eigenvalue weighted by molar-refractivity contribution is 7.04. The van der Waals surface area contributed by atoms with Crippen LogP contribution >= 0.6 is 0 Å². The first kappa shape index (κ1) is 21.6. The summed E-state index contributed by atoms with van der Waals surface area (Å²) < 4.78 is 15.9. The smallest absolute Gasteiger partial charge is 0.147 e. The molecule has 0 radical (unpaired) electrons. The Labute approximate surface area is 206 Å². The van der Waals surface area contributed by atoms with Gasteiger partial charge in [0, 0.05) is 11.3 Å². The third kappa shape index (κ3) is 3.60. The highest BCUT2D eigenvalue weighted by Crippen LogP contribution is 2.38. The summed E-state index contributed by atoms with van der Waals surface area (Å²) in [6, 6.07) is 38.9. The van der Waals surface area contributed by atoms with Gasteiger partial charge in [-0.1, -0.05) is 110 Å². The molecule has 0 saturated heterocycles. The number of rotatable bonds is 4. The second kappa shape index (κ2) is 8.37. The van der Waals surface area contributed by atoms with Crippen LogP contribution in [0.2, 0.25) is 13.1 Å². The zero-order valence-corrected chi connectivity index (χ0v) is 20.8. The molecule has 5 aromatic carbocycles. The summed E-state index contributed by atoms with van der Waals surface area (Å²) in [5.74, 6) is -0.252.